The number of benzene rings is 1. The molecule has 0 radical (unpaired) electrons. The van der Waals surface area contributed by atoms with E-state index in [1.54, 1.807) is 24.3 Å². The van der Waals surface area contributed by atoms with Crippen LogP contribution in [0, 0.1) is 18.3 Å². The van der Waals surface area contributed by atoms with Crippen LogP contribution in [0.15, 0.2) is 36.5 Å². The van der Waals surface area contributed by atoms with Crippen molar-refractivity contribution in [2.24, 2.45) is 7.05 Å². The highest BCUT2D eigenvalue weighted by molar-refractivity contribution is 6.08. The van der Waals surface area contributed by atoms with E-state index >= 15 is 0 Å². The second-order valence-electron chi connectivity index (χ2n) is 3.98. The molecule has 0 N–H and O–H groups in total. The maximum absolute atomic E-state index is 12.2. The quantitative estimate of drug-likeness (QED) is 0.735. The van der Waals surface area contributed by atoms with Crippen molar-refractivity contribution in [3.05, 3.63) is 58.9 Å². The molecule has 2 rings (SSSR count). The van der Waals surface area contributed by atoms with Crippen LogP contribution in [0.3, 0.4) is 0 Å². The van der Waals surface area contributed by atoms with Crippen LogP contribution in [0.1, 0.15) is 27.2 Å². The van der Waals surface area contributed by atoms with Gasteiger partial charge in [0.1, 0.15) is 0 Å². The van der Waals surface area contributed by atoms with Gasteiger partial charge in [-0.25, -0.2) is 0 Å². The van der Waals surface area contributed by atoms with Crippen molar-refractivity contribution in [1.82, 2.24) is 4.57 Å². The first kappa shape index (κ1) is 11.2. The molecule has 0 spiro atoms. The van der Waals surface area contributed by atoms with Crippen molar-refractivity contribution in [2.45, 2.75) is 6.92 Å². The molecule has 0 unspecified atom stereocenters. The van der Waals surface area contributed by atoms with Gasteiger partial charge in [0.2, 0.25) is 5.78 Å². The van der Waals surface area contributed by atoms with Crippen molar-refractivity contribution in [3.8, 4) is 6.07 Å². The van der Waals surface area contributed by atoms with Gasteiger partial charge in [0.05, 0.1) is 17.3 Å². The lowest BCUT2D eigenvalue weighted by Crippen LogP contribution is -2.08. The lowest BCUT2D eigenvalue weighted by molar-refractivity contribution is 0.103. The van der Waals surface area contributed by atoms with Crippen LogP contribution in [0.2, 0.25) is 0 Å². The molecule has 2 aromatic rings. The van der Waals surface area contributed by atoms with E-state index in [0.717, 1.165) is 5.56 Å². The number of rotatable bonds is 2. The fourth-order valence-electron chi connectivity index (χ4n) is 1.83. The molecule has 1 heterocycles. The minimum atomic E-state index is -0.0144. The van der Waals surface area contributed by atoms with Gasteiger partial charge in [-0.1, -0.05) is 0 Å². The van der Waals surface area contributed by atoms with E-state index in [4.69, 9.17) is 5.26 Å². The second kappa shape index (κ2) is 4.26. The number of ketones is 1. The molecule has 3 nitrogen and oxygen atoms in total. The van der Waals surface area contributed by atoms with E-state index in [-0.39, 0.29) is 5.78 Å². The summed E-state index contributed by atoms with van der Waals surface area (Å²) in [6.45, 7) is 1.91. The van der Waals surface area contributed by atoms with E-state index in [9.17, 15) is 4.79 Å². The fourth-order valence-corrected chi connectivity index (χ4v) is 1.83. The highest BCUT2D eigenvalue weighted by Gasteiger charge is 2.14. The third-order valence-electron chi connectivity index (χ3n) is 2.77. The molecule has 1 aromatic heterocycles. The van der Waals surface area contributed by atoms with Crippen LogP contribution in [-0.2, 0) is 7.05 Å². The topological polar surface area (TPSA) is 45.8 Å². The summed E-state index contributed by atoms with van der Waals surface area (Å²) < 4.78 is 1.82. The van der Waals surface area contributed by atoms with Crippen LogP contribution in [0.5, 0.6) is 0 Å². The second-order valence-corrected chi connectivity index (χ2v) is 3.98. The first-order valence-electron chi connectivity index (χ1n) is 5.30. The molecule has 1 aromatic carbocycles. The number of aryl methyl sites for hydroxylation is 2. The summed E-state index contributed by atoms with van der Waals surface area (Å²) in [5.74, 6) is -0.0144. The Bertz CT molecular complexity index is 581. The molecule has 0 aliphatic heterocycles. The van der Waals surface area contributed by atoms with Crippen molar-refractivity contribution < 1.29 is 4.79 Å². The molecule has 0 fully saturated rings. The van der Waals surface area contributed by atoms with Crippen molar-refractivity contribution in [2.75, 3.05) is 0 Å². The van der Waals surface area contributed by atoms with Gasteiger partial charge < -0.3 is 4.57 Å². The Kier molecular flexibility index (Phi) is 2.80. The van der Waals surface area contributed by atoms with Crippen LogP contribution < -0.4 is 0 Å². The van der Waals surface area contributed by atoms with Gasteiger partial charge in [-0.2, -0.15) is 5.26 Å². The van der Waals surface area contributed by atoms with Crippen molar-refractivity contribution in [3.63, 3.8) is 0 Å². The third-order valence-corrected chi connectivity index (χ3v) is 2.77. The molecular weight excluding hydrogens is 212 g/mol. The molecular formula is C14H12N2O. The maximum atomic E-state index is 12.2. The average molecular weight is 224 g/mol. The van der Waals surface area contributed by atoms with Crippen LogP contribution in [0.4, 0.5) is 0 Å². The summed E-state index contributed by atoms with van der Waals surface area (Å²) >= 11 is 0. The standard InChI is InChI=1S/C14H12N2O/c1-10-7-8-16(2)13(10)14(17)12-5-3-11(9-15)4-6-12/h3-8H,1-2H3. The summed E-state index contributed by atoms with van der Waals surface area (Å²) in [7, 11) is 1.85. The van der Waals surface area contributed by atoms with Gasteiger partial charge in [-0.3, -0.25) is 4.79 Å². The zero-order chi connectivity index (χ0) is 12.4. The Morgan fingerprint density at radius 1 is 1.24 bits per heavy atom. The molecule has 0 saturated heterocycles. The van der Waals surface area contributed by atoms with Gasteiger partial charge in [-0.15, -0.1) is 0 Å². The molecule has 0 aliphatic rings. The summed E-state index contributed by atoms with van der Waals surface area (Å²) in [6, 6.07) is 10.6. The van der Waals surface area contributed by atoms with E-state index in [0.29, 0.717) is 16.8 Å². The number of carbonyl (C=O) groups is 1. The van der Waals surface area contributed by atoms with E-state index < -0.39 is 0 Å². The zero-order valence-electron chi connectivity index (χ0n) is 9.77. The molecule has 0 atom stereocenters. The Morgan fingerprint density at radius 2 is 1.88 bits per heavy atom. The van der Waals surface area contributed by atoms with E-state index in [1.165, 1.54) is 0 Å². The minimum absolute atomic E-state index is 0.0144. The van der Waals surface area contributed by atoms with Gasteiger partial charge >= 0.3 is 0 Å². The fraction of sp³-hybridized carbons (Fsp3) is 0.143. The molecule has 0 bridgehead atoms. The minimum Gasteiger partial charge on any atom is -0.348 e. The summed E-state index contributed by atoms with van der Waals surface area (Å²) in [5, 5.41) is 8.70. The molecule has 0 aliphatic carbocycles. The van der Waals surface area contributed by atoms with Crippen LogP contribution in [0.25, 0.3) is 0 Å². The lowest BCUT2D eigenvalue weighted by atomic mass is 10.0. The average Bonchev–Trinajstić information content (AvgIpc) is 2.68. The zero-order valence-corrected chi connectivity index (χ0v) is 9.77. The highest BCUT2D eigenvalue weighted by atomic mass is 16.1. The molecule has 84 valence electrons. The molecule has 3 heteroatoms. The monoisotopic (exact) mass is 224 g/mol. The molecule has 0 amide bonds. The van der Waals surface area contributed by atoms with Gasteiger partial charge in [-0.05, 0) is 42.8 Å². The summed E-state index contributed by atoms with van der Waals surface area (Å²) in [4.78, 5) is 12.2. The highest BCUT2D eigenvalue weighted by Crippen LogP contribution is 2.15. The number of hydrogen-bond donors (Lipinski definition) is 0. The van der Waals surface area contributed by atoms with E-state index in [1.807, 2.05) is 36.9 Å². The number of aromatic nitrogens is 1. The van der Waals surface area contributed by atoms with Gasteiger partial charge in [0.15, 0.2) is 0 Å². The SMILES string of the molecule is Cc1ccn(C)c1C(=O)c1ccc(C#N)cc1. The molecule has 0 saturated carbocycles. The Hall–Kier alpha value is -2.34. The largest absolute Gasteiger partial charge is 0.348 e. The first-order valence-corrected chi connectivity index (χ1v) is 5.30. The van der Waals surface area contributed by atoms with Gasteiger partial charge in [0, 0.05) is 18.8 Å². The smallest absolute Gasteiger partial charge is 0.209 e. The Balaban J connectivity index is 2.41. The third kappa shape index (κ3) is 1.98. The van der Waals surface area contributed by atoms with Gasteiger partial charge in [0.25, 0.3) is 0 Å². The first-order chi connectivity index (χ1) is 8.13. The summed E-state index contributed by atoms with van der Waals surface area (Å²) in [6.07, 6.45) is 1.87. The van der Waals surface area contributed by atoms with Crippen molar-refractivity contribution in [1.29, 1.82) is 5.26 Å². The van der Waals surface area contributed by atoms with Crippen molar-refractivity contribution >= 4 is 5.78 Å². The summed E-state index contributed by atoms with van der Waals surface area (Å²) in [5.41, 5.74) is 2.82. The van der Waals surface area contributed by atoms with E-state index in [2.05, 4.69) is 0 Å². The van der Waals surface area contributed by atoms with Crippen LogP contribution in [-0.4, -0.2) is 10.4 Å². The molecule has 17 heavy (non-hydrogen) atoms. The predicted octanol–water partition coefficient (Wildman–Crippen LogP) is 2.44. The number of carbonyl (C=O) groups excluding carboxylic acids is 1. The number of hydrogen-bond acceptors (Lipinski definition) is 2. The predicted molar refractivity (Wildman–Crippen MR) is 64.7 cm³/mol. The number of nitriles is 1. The number of nitrogens with zero attached hydrogens (tertiary/aromatic N) is 2. The normalized spacial score (nSPS) is 9.94. The lowest BCUT2D eigenvalue weighted by Gasteiger charge is -2.04. The Morgan fingerprint density at radius 3 is 2.35 bits per heavy atom. The Labute approximate surface area is 99.9 Å². The maximum Gasteiger partial charge on any atom is 0.209 e. The van der Waals surface area contributed by atoms with Crippen LogP contribution >= 0.6 is 0 Å².